The summed E-state index contributed by atoms with van der Waals surface area (Å²) < 4.78 is 0. The quantitative estimate of drug-likeness (QED) is 0.832. The molecule has 0 amide bonds. The Morgan fingerprint density at radius 2 is 1.95 bits per heavy atom. The second-order valence-electron chi connectivity index (χ2n) is 6.54. The zero-order valence-corrected chi connectivity index (χ0v) is 12.7. The summed E-state index contributed by atoms with van der Waals surface area (Å²) in [5, 5.41) is 4.66. The van der Waals surface area contributed by atoms with E-state index in [1.54, 1.807) is 0 Å². The molecule has 1 aromatic carbocycles. The van der Waals surface area contributed by atoms with Crippen molar-refractivity contribution in [1.29, 1.82) is 0 Å². The molecule has 2 heteroatoms. The maximum absolute atomic E-state index is 6.29. The van der Waals surface area contributed by atoms with Gasteiger partial charge in [0.15, 0.2) is 0 Å². The molecule has 5 atom stereocenters. The average Bonchev–Trinajstić information content (AvgIpc) is 3.01. The van der Waals surface area contributed by atoms with Crippen molar-refractivity contribution in [2.45, 2.75) is 51.6 Å². The summed E-state index contributed by atoms with van der Waals surface area (Å²) in [5.41, 5.74) is 1.22. The van der Waals surface area contributed by atoms with Crippen LogP contribution in [0.5, 0.6) is 0 Å². The Morgan fingerprint density at radius 3 is 2.58 bits per heavy atom. The SMILES string of the molecule is C[C@H](N[C@@H](C)[C@@H]1C[C@H]2CC[C@H]1C2)c1ccccc1Cl. The summed E-state index contributed by atoms with van der Waals surface area (Å²) in [6, 6.07) is 9.12. The highest BCUT2D eigenvalue weighted by molar-refractivity contribution is 6.31. The van der Waals surface area contributed by atoms with Gasteiger partial charge in [-0.15, -0.1) is 0 Å². The molecule has 2 aliphatic carbocycles. The van der Waals surface area contributed by atoms with Crippen LogP contribution in [0, 0.1) is 17.8 Å². The van der Waals surface area contributed by atoms with Crippen molar-refractivity contribution in [3.8, 4) is 0 Å². The fourth-order valence-corrected chi connectivity index (χ4v) is 4.64. The largest absolute Gasteiger partial charge is 0.307 e. The first kappa shape index (κ1) is 13.5. The number of hydrogen-bond donors (Lipinski definition) is 1. The summed E-state index contributed by atoms with van der Waals surface area (Å²) in [4.78, 5) is 0. The standard InChI is InChI=1S/C17H24ClN/c1-11(15-5-3-4-6-17(15)18)19-12(2)16-10-13-7-8-14(16)9-13/h3-6,11-14,16,19H,7-10H2,1-2H3/t11-,12-,13-,14-,16-/m0/s1. The maximum Gasteiger partial charge on any atom is 0.0453 e. The third-order valence-corrected chi connectivity index (χ3v) is 5.66. The van der Waals surface area contributed by atoms with Gasteiger partial charge >= 0.3 is 0 Å². The van der Waals surface area contributed by atoms with E-state index in [-0.39, 0.29) is 0 Å². The molecule has 2 aliphatic rings. The van der Waals surface area contributed by atoms with Gasteiger partial charge in [0.1, 0.15) is 0 Å². The number of fused-ring (bicyclic) bond motifs is 2. The Labute approximate surface area is 121 Å². The van der Waals surface area contributed by atoms with Gasteiger partial charge in [0.05, 0.1) is 0 Å². The molecule has 2 bridgehead atoms. The molecule has 1 nitrogen and oxygen atoms in total. The van der Waals surface area contributed by atoms with Crippen molar-refractivity contribution in [3.05, 3.63) is 34.9 Å². The summed E-state index contributed by atoms with van der Waals surface area (Å²) in [6.45, 7) is 4.59. The van der Waals surface area contributed by atoms with E-state index >= 15 is 0 Å². The van der Waals surface area contributed by atoms with Crippen molar-refractivity contribution in [1.82, 2.24) is 5.32 Å². The van der Waals surface area contributed by atoms with Gasteiger partial charge in [-0.25, -0.2) is 0 Å². The molecule has 0 radical (unpaired) electrons. The van der Waals surface area contributed by atoms with E-state index in [2.05, 4.69) is 31.3 Å². The smallest absolute Gasteiger partial charge is 0.0453 e. The van der Waals surface area contributed by atoms with Gasteiger partial charge in [-0.3, -0.25) is 0 Å². The molecule has 1 N–H and O–H groups in total. The van der Waals surface area contributed by atoms with Crippen molar-refractivity contribution in [2.75, 3.05) is 0 Å². The van der Waals surface area contributed by atoms with E-state index < -0.39 is 0 Å². The maximum atomic E-state index is 6.29. The van der Waals surface area contributed by atoms with Gasteiger partial charge in [-0.2, -0.15) is 0 Å². The van der Waals surface area contributed by atoms with Crippen molar-refractivity contribution >= 4 is 11.6 Å². The Hall–Kier alpha value is -0.530. The minimum Gasteiger partial charge on any atom is -0.307 e. The van der Waals surface area contributed by atoms with Crippen LogP contribution in [-0.2, 0) is 0 Å². The molecule has 1 aromatic rings. The molecule has 0 spiro atoms. The average molecular weight is 278 g/mol. The fourth-order valence-electron chi connectivity index (χ4n) is 4.34. The van der Waals surface area contributed by atoms with Crippen LogP contribution in [0.3, 0.4) is 0 Å². The predicted octanol–water partition coefficient (Wildman–Crippen LogP) is 4.82. The molecule has 0 unspecified atom stereocenters. The van der Waals surface area contributed by atoms with Gasteiger partial charge in [0.2, 0.25) is 0 Å². The Kier molecular flexibility index (Phi) is 3.86. The molecular weight excluding hydrogens is 254 g/mol. The Balaban J connectivity index is 1.63. The van der Waals surface area contributed by atoms with E-state index in [4.69, 9.17) is 11.6 Å². The Bertz CT molecular complexity index is 445. The van der Waals surface area contributed by atoms with Gasteiger partial charge in [0, 0.05) is 17.1 Å². The van der Waals surface area contributed by atoms with E-state index in [1.165, 1.54) is 31.2 Å². The van der Waals surface area contributed by atoms with Crippen molar-refractivity contribution in [3.63, 3.8) is 0 Å². The minimum absolute atomic E-state index is 0.336. The monoisotopic (exact) mass is 277 g/mol. The lowest BCUT2D eigenvalue weighted by Crippen LogP contribution is -2.37. The summed E-state index contributed by atoms with van der Waals surface area (Å²) >= 11 is 6.29. The zero-order valence-electron chi connectivity index (χ0n) is 11.9. The van der Waals surface area contributed by atoms with E-state index in [0.717, 1.165) is 22.8 Å². The number of nitrogens with one attached hydrogen (secondary N) is 1. The van der Waals surface area contributed by atoms with Gasteiger partial charge in [-0.1, -0.05) is 36.2 Å². The van der Waals surface area contributed by atoms with Gasteiger partial charge in [0.25, 0.3) is 0 Å². The molecule has 19 heavy (non-hydrogen) atoms. The van der Waals surface area contributed by atoms with Crippen LogP contribution in [0.1, 0.15) is 51.1 Å². The van der Waals surface area contributed by atoms with E-state index in [1.807, 2.05) is 12.1 Å². The Morgan fingerprint density at radius 1 is 1.16 bits per heavy atom. The molecule has 3 rings (SSSR count). The molecule has 0 saturated heterocycles. The number of benzene rings is 1. The van der Waals surface area contributed by atoms with Crippen LogP contribution in [0.15, 0.2) is 24.3 Å². The highest BCUT2D eigenvalue weighted by Gasteiger charge is 2.41. The van der Waals surface area contributed by atoms with Crippen molar-refractivity contribution < 1.29 is 0 Å². The minimum atomic E-state index is 0.336. The topological polar surface area (TPSA) is 12.0 Å². The highest BCUT2D eigenvalue weighted by atomic mass is 35.5. The first-order valence-electron chi connectivity index (χ1n) is 7.65. The summed E-state index contributed by atoms with van der Waals surface area (Å²) in [6.07, 6.45) is 5.86. The summed E-state index contributed by atoms with van der Waals surface area (Å²) in [5.74, 6) is 2.88. The van der Waals surface area contributed by atoms with Crippen LogP contribution in [0.4, 0.5) is 0 Å². The van der Waals surface area contributed by atoms with E-state index in [0.29, 0.717) is 12.1 Å². The first-order valence-corrected chi connectivity index (χ1v) is 8.03. The lowest BCUT2D eigenvalue weighted by atomic mass is 9.83. The van der Waals surface area contributed by atoms with Crippen LogP contribution < -0.4 is 5.32 Å². The van der Waals surface area contributed by atoms with E-state index in [9.17, 15) is 0 Å². The van der Waals surface area contributed by atoms with Gasteiger partial charge < -0.3 is 5.32 Å². The molecule has 2 fully saturated rings. The molecule has 0 aliphatic heterocycles. The van der Waals surface area contributed by atoms with Crippen molar-refractivity contribution in [2.24, 2.45) is 17.8 Å². The van der Waals surface area contributed by atoms with Crippen LogP contribution in [0.2, 0.25) is 5.02 Å². The predicted molar refractivity (Wildman–Crippen MR) is 81.4 cm³/mol. The second kappa shape index (κ2) is 5.46. The lowest BCUT2D eigenvalue weighted by molar-refractivity contribution is 0.248. The number of halogens is 1. The molecular formula is C17H24ClN. The first-order chi connectivity index (χ1) is 9.15. The molecule has 2 saturated carbocycles. The van der Waals surface area contributed by atoms with Crippen LogP contribution in [0.25, 0.3) is 0 Å². The number of hydrogen-bond acceptors (Lipinski definition) is 1. The zero-order chi connectivity index (χ0) is 13.4. The highest BCUT2D eigenvalue weighted by Crippen LogP contribution is 2.49. The number of rotatable bonds is 4. The van der Waals surface area contributed by atoms with Gasteiger partial charge in [-0.05, 0) is 62.5 Å². The summed E-state index contributed by atoms with van der Waals surface area (Å²) in [7, 11) is 0. The van der Waals surface area contributed by atoms with Crippen LogP contribution in [-0.4, -0.2) is 6.04 Å². The normalized spacial score (nSPS) is 32.5. The lowest BCUT2D eigenvalue weighted by Gasteiger charge is -2.31. The molecule has 0 heterocycles. The molecule has 0 aromatic heterocycles. The third kappa shape index (κ3) is 2.68. The fraction of sp³-hybridized carbons (Fsp3) is 0.647. The molecule has 104 valence electrons. The third-order valence-electron chi connectivity index (χ3n) is 5.32. The van der Waals surface area contributed by atoms with Crippen LogP contribution >= 0.6 is 11.6 Å². The second-order valence-corrected chi connectivity index (χ2v) is 6.94.